The highest BCUT2D eigenvalue weighted by molar-refractivity contribution is 5.87. The second-order valence-electron chi connectivity index (χ2n) is 9.97. The second-order valence-corrected chi connectivity index (χ2v) is 9.97. The number of hydrogen-bond donors (Lipinski definition) is 1. The largest absolute Gasteiger partial charge is 0.354 e. The van der Waals surface area contributed by atoms with E-state index in [1.165, 1.54) is 44.2 Å². The van der Waals surface area contributed by atoms with Gasteiger partial charge in [0.15, 0.2) is 0 Å². The summed E-state index contributed by atoms with van der Waals surface area (Å²) in [5, 5.41) is 3.20. The van der Waals surface area contributed by atoms with Crippen molar-refractivity contribution in [2.24, 2.45) is 29.6 Å². The predicted molar refractivity (Wildman–Crippen MR) is 117 cm³/mol. The fourth-order valence-corrected chi connectivity index (χ4v) is 6.72. The Labute approximate surface area is 175 Å². The normalized spacial score (nSPS) is 36.8. The zero-order valence-corrected chi connectivity index (χ0v) is 17.9. The minimum atomic E-state index is 0.0933. The minimum Gasteiger partial charge on any atom is -0.354 e. The lowest BCUT2D eigenvalue weighted by Gasteiger charge is -2.51. The Bertz CT molecular complexity index is 773. The van der Waals surface area contributed by atoms with E-state index in [0.717, 1.165) is 13.1 Å². The summed E-state index contributed by atoms with van der Waals surface area (Å²) in [4.78, 5) is 17.2. The van der Waals surface area contributed by atoms with Gasteiger partial charge in [0, 0.05) is 44.0 Å². The molecule has 0 aromatic heterocycles. The summed E-state index contributed by atoms with van der Waals surface area (Å²) in [7, 11) is 4.48. The van der Waals surface area contributed by atoms with E-state index >= 15 is 0 Å². The number of amides is 1. The van der Waals surface area contributed by atoms with Crippen molar-refractivity contribution < 1.29 is 4.79 Å². The highest BCUT2D eigenvalue weighted by Gasteiger charge is 2.49. The molecule has 3 aliphatic carbocycles. The predicted octanol–water partition coefficient (Wildman–Crippen LogP) is 3.70. The number of hydrogen-bond acceptors (Lipinski definition) is 3. The van der Waals surface area contributed by atoms with Gasteiger partial charge in [0.25, 0.3) is 0 Å². The quantitative estimate of drug-likeness (QED) is 0.740. The van der Waals surface area contributed by atoms with E-state index in [1.54, 1.807) is 11.6 Å². The molecule has 2 heterocycles. The molecule has 5 aliphatic rings. The van der Waals surface area contributed by atoms with Crippen LogP contribution in [-0.4, -0.2) is 48.9 Å². The summed E-state index contributed by atoms with van der Waals surface area (Å²) in [6.07, 6.45) is 20.9. The van der Waals surface area contributed by atoms with Crippen LogP contribution in [0.5, 0.6) is 0 Å². The standard InChI is InChI=1S/C25H35N3O/c1-27-15-18(14-26-24(29)11-10-17-6-3-4-7-17)12-21-20-8-5-9-22-25(20)19(13-23(21)27)16-28(22)2/h5,8-11,16-18,20-21,23,25H,3-4,6-7,12-15H2,1-2H3,(H,26,29)/b11-10+/t18-,20?,21+,23+,25?/m0/s1. The third-order valence-electron chi connectivity index (χ3n) is 8.11. The van der Waals surface area contributed by atoms with Crippen LogP contribution in [0.15, 0.2) is 47.9 Å². The number of allylic oxidation sites excluding steroid dienone is 5. The van der Waals surface area contributed by atoms with Gasteiger partial charge in [-0.05, 0) is 74.1 Å². The molecule has 0 bridgehead atoms. The lowest BCUT2D eigenvalue weighted by atomic mass is 9.61. The Morgan fingerprint density at radius 3 is 2.93 bits per heavy atom. The van der Waals surface area contributed by atoms with Crippen LogP contribution in [-0.2, 0) is 4.79 Å². The number of carbonyl (C=O) groups excluding carboxylic acids is 1. The molecule has 4 nitrogen and oxygen atoms in total. The van der Waals surface area contributed by atoms with Gasteiger partial charge < -0.3 is 15.1 Å². The number of likely N-dealkylation sites (tertiary alicyclic amines) is 1. The average Bonchev–Trinajstić information content (AvgIpc) is 3.35. The molecule has 0 radical (unpaired) electrons. The molecule has 1 N–H and O–H groups in total. The highest BCUT2D eigenvalue weighted by atomic mass is 16.1. The molecule has 2 saturated carbocycles. The molecule has 5 rings (SSSR count). The molecule has 2 unspecified atom stereocenters. The molecule has 3 fully saturated rings. The molecular weight excluding hydrogens is 358 g/mol. The van der Waals surface area contributed by atoms with Gasteiger partial charge in [-0.25, -0.2) is 0 Å². The summed E-state index contributed by atoms with van der Waals surface area (Å²) in [6.45, 7) is 1.88. The van der Waals surface area contributed by atoms with Crippen molar-refractivity contribution in [2.45, 2.75) is 44.6 Å². The Kier molecular flexibility index (Phi) is 5.15. The molecular formula is C25H35N3O. The fraction of sp³-hybridized carbons (Fsp3) is 0.640. The number of nitrogens with one attached hydrogen (secondary N) is 1. The van der Waals surface area contributed by atoms with Gasteiger partial charge in [0.05, 0.1) is 0 Å². The third-order valence-corrected chi connectivity index (χ3v) is 8.11. The zero-order chi connectivity index (χ0) is 20.0. The van der Waals surface area contributed by atoms with E-state index in [1.807, 2.05) is 0 Å². The number of rotatable bonds is 4. The van der Waals surface area contributed by atoms with E-state index in [0.29, 0.717) is 35.6 Å². The van der Waals surface area contributed by atoms with Crippen molar-refractivity contribution in [1.82, 2.24) is 15.1 Å². The molecule has 29 heavy (non-hydrogen) atoms. The number of nitrogens with zero attached hydrogens (tertiary/aromatic N) is 2. The maximum Gasteiger partial charge on any atom is 0.243 e. The Morgan fingerprint density at radius 1 is 1.28 bits per heavy atom. The van der Waals surface area contributed by atoms with E-state index in [2.05, 4.69) is 59.7 Å². The molecule has 0 aromatic carbocycles. The second kappa shape index (κ2) is 7.79. The molecule has 5 atom stereocenters. The zero-order valence-electron chi connectivity index (χ0n) is 17.9. The van der Waals surface area contributed by atoms with Crippen LogP contribution in [0.1, 0.15) is 38.5 Å². The SMILES string of the molecule is CN1C=C2C[C@@H]3[C@H](C[C@@H](CNC(=O)/C=C/C4CCCC4)CN3C)C3C=CC=C1C23. The van der Waals surface area contributed by atoms with E-state index in [4.69, 9.17) is 0 Å². The first-order valence-corrected chi connectivity index (χ1v) is 11.6. The average molecular weight is 394 g/mol. The van der Waals surface area contributed by atoms with Crippen molar-refractivity contribution in [3.8, 4) is 0 Å². The smallest absolute Gasteiger partial charge is 0.243 e. The van der Waals surface area contributed by atoms with Gasteiger partial charge in [-0.3, -0.25) is 4.79 Å². The maximum atomic E-state index is 12.3. The van der Waals surface area contributed by atoms with Gasteiger partial charge in [-0.2, -0.15) is 0 Å². The van der Waals surface area contributed by atoms with E-state index < -0.39 is 0 Å². The van der Waals surface area contributed by atoms with Crippen molar-refractivity contribution in [3.63, 3.8) is 0 Å². The minimum absolute atomic E-state index is 0.0933. The molecule has 156 valence electrons. The highest BCUT2D eigenvalue weighted by Crippen LogP contribution is 2.52. The van der Waals surface area contributed by atoms with Crippen molar-refractivity contribution in [1.29, 1.82) is 0 Å². The first-order valence-electron chi connectivity index (χ1n) is 11.6. The monoisotopic (exact) mass is 393 g/mol. The summed E-state index contributed by atoms with van der Waals surface area (Å²) in [6, 6.07) is 0.632. The first kappa shape index (κ1) is 19.2. The van der Waals surface area contributed by atoms with Gasteiger partial charge in [0.2, 0.25) is 5.91 Å². The van der Waals surface area contributed by atoms with Gasteiger partial charge >= 0.3 is 0 Å². The fourth-order valence-electron chi connectivity index (χ4n) is 6.72. The molecule has 4 heteroatoms. The van der Waals surface area contributed by atoms with Crippen LogP contribution in [0.2, 0.25) is 0 Å². The van der Waals surface area contributed by atoms with Crippen molar-refractivity contribution in [3.05, 3.63) is 47.9 Å². The van der Waals surface area contributed by atoms with Crippen molar-refractivity contribution >= 4 is 5.91 Å². The van der Waals surface area contributed by atoms with Crippen LogP contribution in [0.4, 0.5) is 0 Å². The van der Waals surface area contributed by atoms with Crippen LogP contribution >= 0.6 is 0 Å². The summed E-state index contributed by atoms with van der Waals surface area (Å²) >= 11 is 0. The number of piperidine rings is 1. The van der Waals surface area contributed by atoms with Crippen LogP contribution in [0, 0.1) is 29.6 Å². The number of fused-ring (bicyclic) bond motifs is 2. The molecule has 2 aliphatic heterocycles. The molecule has 0 spiro atoms. The van der Waals surface area contributed by atoms with E-state index in [9.17, 15) is 4.79 Å². The van der Waals surface area contributed by atoms with Crippen molar-refractivity contribution in [2.75, 3.05) is 27.2 Å². The molecule has 1 saturated heterocycles. The van der Waals surface area contributed by atoms with Gasteiger partial charge in [0.1, 0.15) is 0 Å². The first-order chi connectivity index (χ1) is 14.1. The van der Waals surface area contributed by atoms with Crippen LogP contribution in [0.3, 0.4) is 0 Å². The Morgan fingerprint density at radius 2 is 2.10 bits per heavy atom. The lowest BCUT2D eigenvalue weighted by Crippen LogP contribution is -2.54. The molecule has 0 aromatic rings. The summed E-state index contributed by atoms with van der Waals surface area (Å²) in [5.41, 5.74) is 3.09. The Hall–Kier alpha value is -1.81. The number of carbonyl (C=O) groups is 1. The lowest BCUT2D eigenvalue weighted by molar-refractivity contribution is -0.116. The van der Waals surface area contributed by atoms with Gasteiger partial charge in [-0.15, -0.1) is 0 Å². The maximum absolute atomic E-state index is 12.3. The van der Waals surface area contributed by atoms with Crippen LogP contribution in [0.25, 0.3) is 0 Å². The van der Waals surface area contributed by atoms with Crippen LogP contribution < -0.4 is 5.32 Å². The molecule has 1 amide bonds. The third kappa shape index (κ3) is 3.61. The summed E-state index contributed by atoms with van der Waals surface area (Å²) in [5.74, 6) is 3.12. The van der Waals surface area contributed by atoms with Gasteiger partial charge in [-0.1, -0.05) is 31.1 Å². The van der Waals surface area contributed by atoms with E-state index in [-0.39, 0.29) is 5.91 Å². The summed E-state index contributed by atoms with van der Waals surface area (Å²) < 4.78 is 0. The topological polar surface area (TPSA) is 35.6 Å². The Balaban J connectivity index is 1.22.